The monoisotopic (exact) mass is 652 g/mol. The Balaban J connectivity index is 1.04. The smallest absolute Gasteiger partial charge is 0.227 e. The minimum Gasteiger partial charge on any atom is -0.436 e. The first-order valence-electron chi connectivity index (χ1n) is 17.0. The largest absolute Gasteiger partial charge is 0.436 e. The third kappa shape index (κ3) is 5.03. The fourth-order valence-corrected chi connectivity index (χ4v) is 7.08. The molecule has 0 N–H and O–H groups in total. The topological polar surface area (TPSA) is 64.7 Å². The predicted molar refractivity (Wildman–Crippen MR) is 207 cm³/mol. The van der Waals surface area contributed by atoms with E-state index < -0.39 is 0 Å². The number of benzene rings is 8. The Morgan fingerprint density at radius 2 is 0.765 bits per heavy atom. The molecular weight excluding hydrogens is 625 g/mol. The number of nitrogens with zero attached hydrogens (tertiary/aromatic N) is 4. The molecule has 0 fully saturated rings. The van der Waals surface area contributed by atoms with E-state index in [1.807, 2.05) is 72.8 Å². The summed E-state index contributed by atoms with van der Waals surface area (Å²) in [5.41, 5.74) is 7.32. The molecule has 0 unspecified atom stereocenters. The molecule has 238 valence electrons. The van der Waals surface area contributed by atoms with E-state index in [2.05, 4.69) is 97.1 Å². The molecule has 0 saturated heterocycles. The minimum atomic E-state index is 0.597. The molecule has 10 aromatic rings. The lowest BCUT2D eigenvalue weighted by molar-refractivity contribution is 0.620. The summed E-state index contributed by atoms with van der Waals surface area (Å²) in [7, 11) is 0. The van der Waals surface area contributed by atoms with Crippen molar-refractivity contribution in [2.75, 3.05) is 0 Å². The fourth-order valence-electron chi connectivity index (χ4n) is 7.08. The van der Waals surface area contributed by atoms with Crippen LogP contribution in [0, 0.1) is 0 Å². The Labute approximate surface area is 293 Å². The van der Waals surface area contributed by atoms with Crippen LogP contribution in [0.25, 0.3) is 100 Å². The van der Waals surface area contributed by atoms with E-state index in [9.17, 15) is 0 Å². The van der Waals surface area contributed by atoms with Crippen LogP contribution in [-0.2, 0) is 0 Å². The van der Waals surface area contributed by atoms with Gasteiger partial charge >= 0.3 is 0 Å². The van der Waals surface area contributed by atoms with Crippen LogP contribution in [-0.4, -0.2) is 19.9 Å². The number of rotatable bonds is 5. The summed E-state index contributed by atoms with van der Waals surface area (Å²) in [5, 5.41) is 7.36. The maximum Gasteiger partial charge on any atom is 0.227 e. The van der Waals surface area contributed by atoms with Gasteiger partial charge in [0, 0.05) is 27.8 Å². The highest BCUT2D eigenvalue weighted by atomic mass is 16.3. The molecule has 0 aliphatic rings. The summed E-state index contributed by atoms with van der Waals surface area (Å²) >= 11 is 0. The fraction of sp³-hybridized carbons (Fsp3) is 0. The molecule has 5 nitrogen and oxygen atoms in total. The van der Waals surface area contributed by atoms with Crippen molar-refractivity contribution < 1.29 is 4.42 Å². The van der Waals surface area contributed by atoms with Gasteiger partial charge in [-0.3, -0.25) is 0 Å². The molecule has 0 atom stereocenters. The SMILES string of the molecule is c1ccc(-c2nc(-c3ccccc3)nc(-c3ccc(-c4cccc5oc(-c6ccc7c8ccccc8c8ccccc8c7c6)nc45)cc3)n2)cc1. The maximum absolute atomic E-state index is 6.43. The first-order chi connectivity index (χ1) is 25.3. The molecule has 0 amide bonds. The number of hydrogen-bond acceptors (Lipinski definition) is 5. The molecule has 0 spiro atoms. The molecule has 51 heavy (non-hydrogen) atoms. The molecule has 5 heteroatoms. The quantitative estimate of drug-likeness (QED) is 0.173. The van der Waals surface area contributed by atoms with Crippen LogP contribution >= 0.6 is 0 Å². The summed E-state index contributed by atoms with van der Waals surface area (Å²) in [5.74, 6) is 2.49. The van der Waals surface area contributed by atoms with Crippen LogP contribution < -0.4 is 0 Å². The second-order valence-electron chi connectivity index (χ2n) is 12.6. The van der Waals surface area contributed by atoms with E-state index >= 15 is 0 Å². The van der Waals surface area contributed by atoms with Crippen molar-refractivity contribution in [3.63, 3.8) is 0 Å². The zero-order chi connectivity index (χ0) is 33.7. The Kier molecular flexibility index (Phi) is 6.74. The minimum absolute atomic E-state index is 0.597. The van der Waals surface area contributed by atoms with Crippen molar-refractivity contribution in [2.24, 2.45) is 0 Å². The second kappa shape index (κ2) is 11.9. The van der Waals surface area contributed by atoms with Crippen LogP contribution in [0.2, 0.25) is 0 Å². The van der Waals surface area contributed by atoms with E-state index in [-0.39, 0.29) is 0 Å². The lowest BCUT2D eigenvalue weighted by atomic mass is 9.93. The first kappa shape index (κ1) is 29.0. The Bertz CT molecular complexity index is 2810. The van der Waals surface area contributed by atoms with Crippen LogP contribution in [0.1, 0.15) is 0 Å². The zero-order valence-electron chi connectivity index (χ0n) is 27.4. The van der Waals surface area contributed by atoms with Gasteiger partial charge in [-0.05, 0) is 56.1 Å². The van der Waals surface area contributed by atoms with Crippen molar-refractivity contribution in [3.05, 3.63) is 170 Å². The van der Waals surface area contributed by atoms with E-state index in [0.29, 0.717) is 23.4 Å². The Morgan fingerprint density at radius 1 is 0.314 bits per heavy atom. The maximum atomic E-state index is 6.43. The molecule has 8 aromatic carbocycles. The van der Waals surface area contributed by atoms with Gasteiger partial charge in [0.15, 0.2) is 23.1 Å². The summed E-state index contributed by atoms with van der Waals surface area (Å²) in [6.45, 7) is 0. The van der Waals surface area contributed by atoms with Gasteiger partial charge in [-0.1, -0.05) is 152 Å². The van der Waals surface area contributed by atoms with Gasteiger partial charge in [0.1, 0.15) is 5.52 Å². The van der Waals surface area contributed by atoms with Gasteiger partial charge in [-0.2, -0.15) is 0 Å². The van der Waals surface area contributed by atoms with E-state index in [0.717, 1.165) is 44.5 Å². The Hall–Kier alpha value is -6.98. The molecule has 0 bridgehead atoms. The highest BCUT2D eigenvalue weighted by molar-refractivity contribution is 6.25. The summed E-state index contributed by atoms with van der Waals surface area (Å²) in [6.07, 6.45) is 0. The van der Waals surface area contributed by atoms with Gasteiger partial charge in [0.2, 0.25) is 5.89 Å². The molecule has 2 heterocycles. The van der Waals surface area contributed by atoms with Crippen molar-refractivity contribution in [1.82, 2.24) is 19.9 Å². The van der Waals surface area contributed by atoms with Gasteiger partial charge in [-0.25, -0.2) is 19.9 Å². The molecule has 0 aliphatic heterocycles. The van der Waals surface area contributed by atoms with E-state index in [1.165, 1.54) is 32.3 Å². The van der Waals surface area contributed by atoms with Gasteiger partial charge in [0.05, 0.1) is 0 Å². The summed E-state index contributed by atoms with van der Waals surface area (Å²) in [4.78, 5) is 19.7. The molecule has 10 rings (SSSR count). The second-order valence-corrected chi connectivity index (χ2v) is 12.6. The van der Waals surface area contributed by atoms with Crippen LogP contribution in [0.5, 0.6) is 0 Å². The normalized spacial score (nSPS) is 11.5. The van der Waals surface area contributed by atoms with Crippen molar-refractivity contribution in [3.8, 4) is 56.7 Å². The number of para-hydroxylation sites is 1. The first-order valence-corrected chi connectivity index (χ1v) is 17.0. The Morgan fingerprint density at radius 3 is 1.33 bits per heavy atom. The standard InChI is InChI=1S/C46H28N4O/c1-3-12-30(13-4-1)43-48-44(31-14-5-2-6-15-31)50-45(49-43)32-24-22-29(23-25-32)34-20-11-21-41-42(34)47-46(51-41)33-26-27-39-37-18-8-7-16-35(37)36-17-9-10-19-38(36)40(39)28-33/h1-28H. The summed E-state index contributed by atoms with van der Waals surface area (Å²) < 4.78 is 6.43. The molecule has 2 aromatic heterocycles. The zero-order valence-corrected chi connectivity index (χ0v) is 27.4. The number of hydrogen-bond donors (Lipinski definition) is 0. The average molecular weight is 653 g/mol. The number of fused-ring (bicyclic) bond motifs is 7. The summed E-state index contributed by atoms with van der Waals surface area (Å²) in [6, 6.07) is 58.2. The average Bonchev–Trinajstić information content (AvgIpc) is 3.66. The predicted octanol–water partition coefficient (Wildman–Crippen LogP) is 11.8. The van der Waals surface area contributed by atoms with Crippen LogP contribution in [0.15, 0.2) is 174 Å². The number of aromatic nitrogens is 4. The lowest BCUT2D eigenvalue weighted by Crippen LogP contribution is -2.00. The molecular formula is C46H28N4O. The highest BCUT2D eigenvalue weighted by Gasteiger charge is 2.17. The van der Waals surface area contributed by atoms with Gasteiger partial charge in [-0.15, -0.1) is 0 Å². The van der Waals surface area contributed by atoms with Crippen molar-refractivity contribution in [2.45, 2.75) is 0 Å². The van der Waals surface area contributed by atoms with Crippen LogP contribution in [0.4, 0.5) is 0 Å². The van der Waals surface area contributed by atoms with Crippen molar-refractivity contribution >= 4 is 43.4 Å². The molecule has 0 radical (unpaired) electrons. The highest BCUT2D eigenvalue weighted by Crippen LogP contribution is 2.38. The number of oxazole rings is 1. The molecule has 0 aliphatic carbocycles. The van der Waals surface area contributed by atoms with Gasteiger partial charge < -0.3 is 4.42 Å². The van der Waals surface area contributed by atoms with Crippen molar-refractivity contribution in [1.29, 1.82) is 0 Å². The van der Waals surface area contributed by atoms with Crippen LogP contribution in [0.3, 0.4) is 0 Å². The lowest BCUT2D eigenvalue weighted by Gasteiger charge is -2.11. The molecule has 0 saturated carbocycles. The van der Waals surface area contributed by atoms with E-state index in [4.69, 9.17) is 24.4 Å². The third-order valence-electron chi connectivity index (χ3n) is 9.56. The third-order valence-corrected chi connectivity index (χ3v) is 9.56. The van der Waals surface area contributed by atoms with E-state index in [1.54, 1.807) is 0 Å². The van der Waals surface area contributed by atoms with Gasteiger partial charge in [0.25, 0.3) is 0 Å².